The number of urea groups is 1. The lowest BCUT2D eigenvalue weighted by atomic mass is 9.98. The third-order valence-electron chi connectivity index (χ3n) is 6.19. The minimum absolute atomic E-state index is 0.00673. The van der Waals surface area contributed by atoms with Crippen molar-refractivity contribution in [3.63, 3.8) is 0 Å². The molecule has 2 atom stereocenters. The molecule has 0 bridgehead atoms. The molecule has 36 heavy (non-hydrogen) atoms. The molecule has 0 fully saturated rings. The molecule has 0 aliphatic carbocycles. The van der Waals surface area contributed by atoms with Crippen LogP contribution in [0.4, 0.5) is 4.79 Å². The molecule has 0 radical (unpaired) electrons. The number of carboxylic acids is 2. The number of carboxylic acid groups (broad SMARTS) is 2. The minimum Gasteiger partial charge on any atom is -0.481 e. The minimum atomic E-state index is -1.15. The third kappa shape index (κ3) is 7.57. The Balaban J connectivity index is 1.74. The Kier molecular flexibility index (Phi) is 9.45. The molecule has 0 aromatic heterocycles. The molecule has 0 spiro atoms. The number of nitrogens with zero attached hydrogens (tertiary/aromatic N) is 1. The van der Waals surface area contributed by atoms with Gasteiger partial charge in [0.25, 0.3) is 0 Å². The second kappa shape index (κ2) is 12.7. The van der Waals surface area contributed by atoms with Crippen molar-refractivity contribution in [3.05, 3.63) is 83.9 Å². The lowest BCUT2D eigenvalue weighted by Gasteiger charge is -2.29. The lowest BCUT2D eigenvalue weighted by Crippen LogP contribution is -2.51. The number of nitrogens with one attached hydrogen (secondary N) is 1. The van der Waals surface area contributed by atoms with E-state index in [2.05, 4.69) is 5.32 Å². The van der Waals surface area contributed by atoms with Crippen molar-refractivity contribution in [2.24, 2.45) is 11.8 Å². The van der Waals surface area contributed by atoms with E-state index < -0.39 is 29.9 Å². The van der Waals surface area contributed by atoms with E-state index in [0.29, 0.717) is 19.4 Å². The topological polar surface area (TPSA) is 107 Å². The largest absolute Gasteiger partial charge is 0.481 e. The first-order valence-corrected chi connectivity index (χ1v) is 12.3. The van der Waals surface area contributed by atoms with Gasteiger partial charge in [-0.15, -0.1) is 0 Å². The normalized spacial score (nSPS) is 12.8. The monoisotopic (exact) mass is 490 g/mol. The number of rotatable bonds is 12. The van der Waals surface area contributed by atoms with E-state index in [0.717, 1.165) is 21.9 Å². The highest BCUT2D eigenvalue weighted by Crippen LogP contribution is 2.20. The highest BCUT2D eigenvalue weighted by Gasteiger charge is 2.28. The van der Waals surface area contributed by atoms with Gasteiger partial charge in [0, 0.05) is 19.5 Å². The van der Waals surface area contributed by atoms with Crippen LogP contribution in [0, 0.1) is 11.8 Å². The SMILES string of the molecule is CC(C)CN(C[C@H](CCc1ccccc1)C(=O)O)C(=O)N[C@@H](Cc1cccc2ccccc12)C(=O)O. The van der Waals surface area contributed by atoms with Gasteiger partial charge in [0.2, 0.25) is 0 Å². The lowest BCUT2D eigenvalue weighted by molar-refractivity contribution is -0.142. The number of amides is 2. The summed E-state index contributed by atoms with van der Waals surface area (Å²) in [6.45, 7) is 4.20. The van der Waals surface area contributed by atoms with Crippen molar-refractivity contribution >= 4 is 28.7 Å². The number of carbonyl (C=O) groups is 3. The van der Waals surface area contributed by atoms with Crippen LogP contribution < -0.4 is 5.32 Å². The van der Waals surface area contributed by atoms with E-state index in [1.54, 1.807) is 0 Å². The van der Waals surface area contributed by atoms with Crippen molar-refractivity contribution in [2.45, 2.75) is 39.2 Å². The van der Waals surface area contributed by atoms with Crippen LogP contribution in [0.5, 0.6) is 0 Å². The van der Waals surface area contributed by atoms with Gasteiger partial charge >= 0.3 is 18.0 Å². The molecule has 3 N–H and O–H groups in total. The summed E-state index contributed by atoms with van der Waals surface area (Å²) < 4.78 is 0. The Hall–Kier alpha value is -3.87. The smallest absolute Gasteiger partial charge is 0.326 e. The van der Waals surface area contributed by atoms with E-state index in [9.17, 15) is 24.6 Å². The molecule has 2 amide bonds. The van der Waals surface area contributed by atoms with Crippen molar-refractivity contribution in [1.29, 1.82) is 0 Å². The first-order chi connectivity index (χ1) is 17.2. The van der Waals surface area contributed by atoms with Gasteiger partial charge in [-0.05, 0) is 40.7 Å². The molecule has 0 heterocycles. The van der Waals surface area contributed by atoms with Crippen LogP contribution in [0.1, 0.15) is 31.4 Å². The Labute approximate surface area is 211 Å². The number of fused-ring (bicyclic) bond motifs is 1. The number of hydrogen-bond donors (Lipinski definition) is 3. The molecule has 7 nitrogen and oxygen atoms in total. The number of carbonyl (C=O) groups excluding carboxylic acids is 1. The van der Waals surface area contributed by atoms with Crippen molar-refractivity contribution < 1.29 is 24.6 Å². The fourth-order valence-corrected chi connectivity index (χ4v) is 4.36. The molecular weight excluding hydrogens is 456 g/mol. The first-order valence-electron chi connectivity index (χ1n) is 12.3. The quantitative estimate of drug-likeness (QED) is 0.337. The van der Waals surface area contributed by atoms with Crippen LogP contribution in [0.25, 0.3) is 10.8 Å². The van der Waals surface area contributed by atoms with Crippen LogP contribution in [-0.4, -0.2) is 52.2 Å². The maximum absolute atomic E-state index is 13.2. The summed E-state index contributed by atoms with van der Waals surface area (Å²) in [7, 11) is 0. The number of aryl methyl sites for hydroxylation is 1. The van der Waals surface area contributed by atoms with Crippen molar-refractivity contribution in [1.82, 2.24) is 10.2 Å². The molecule has 3 aromatic rings. The highest BCUT2D eigenvalue weighted by molar-refractivity contribution is 5.88. The van der Waals surface area contributed by atoms with Gasteiger partial charge < -0.3 is 20.4 Å². The summed E-state index contributed by atoms with van der Waals surface area (Å²) in [5, 5.41) is 24.3. The van der Waals surface area contributed by atoms with Crippen LogP contribution in [-0.2, 0) is 22.4 Å². The molecule has 3 aromatic carbocycles. The van der Waals surface area contributed by atoms with Crippen LogP contribution in [0.15, 0.2) is 72.8 Å². The zero-order valence-electron chi connectivity index (χ0n) is 20.8. The highest BCUT2D eigenvalue weighted by atomic mass is 16.4. The van der Waals surface area contributed by atoms with E-state index >= 15 is 0 Å². The maximum Gasteiger partial charge on any atom is 0.326 e. The first kappa shape index (κ1) is 26.7. The van der Waals surface area contributed by atoms with Crippen LogP contribution in [0.3, 0.4) is 0 Å². The van der Waals surface area contributed by atoms with E-state index in [1.165, 1.54) is 4.90 Å². The maximum atomic E-state index is 13.2. The molecule has 7 heteroatoms. The summed E-state index contributed by atoms with van der Waals surface area (Å²) in [4.78, 5) is 38.8. The number of benzene rings is 3. The van der Waals surface area contributed by atoms with Crippen molar-refractivity contribution in [3.8, 4) is 0 Å². The van der Waals surface area contributed by atoms with Gasteiger partial charge in [0.15, 0.2) is 0 Å². The molecular formula is C29H34N2O5. The summed E-state index contributed by atoms with van der Waals surface area (Å²) >= 11 is 0. The fourth-order valence-electron chi connectivity index (χ4n) is 4.36. The Morgan fingerprint density at radius 2 is 1.50 bits per heavy atom. The Bertz CT molecular complexity index is 1170. The van der Waals surface area contributed by atoms with Gasteiger partial charge in [-0.2, -0.15) is 0 Å². The van der Waals surface area contributed by atoms with Gasteiger partial charge in [-0.25, -0.2) is 9.59 Å². The molecule has 0 aliphatic heterocycles. The second-order valence-electron chi connectivity index (χ2n) is 9.54. The predicted octanol–water partition coefficient (Wildman–Crippen LogP) is 4.84. The van der Waals surface area contributed by atoms with E-state index in [4.69, 9.17) is 0 Å². The van der Waals surface area contributed by atoms with Crippen LogP contribution in [0.2, 0.25) is 0 Å². The zero-order chi connectivity index (χ0) is 26.1. The standard InChI is InChI=1S/C29H34N2O5/c1-20(2)18-31(19-24(27(32)33)16-15-21-9-4-3-5-10-21)29(36)30-26(28(34)35)17-23-13-8-12-22-11-6-7-14-25(22)23/h3-14,20,24,26H,15-19H2,1-2H3,(H,30,36)(H,32,33)(H,34,35)/t24-,26-/m0/s1. The summed E-state index contributed by atoms with van der Waals surface area (Å²) in [6, 6.07) is 21.3. The van der Waals surface area contributed by atoms with Crippen LogP contribution >= 0.6 is 0 Å². The fraction of sp³-hybridized carbons (Fsp3) is 0.345. The second-order valence-corrected chi connectivity index (χ2v) is 9.54. The molecule has 0 saturated heterocycles. The number of hydrogen-bond acceptors (Lipinski definition) is 3. The van der Waals surface area contributed by atoms with Gasteiger partial charge in [0.1, 0.15) is 6.04 Å². The molecule has 0 saturated carbocycles. The third-order valence-corrected chi connectivity index (χ3v) is 6.19. The molecule has 3 rings (SSSR count). The Morgan fingerprint density at radius 1 is 0.833 bits per heavy atom. The van der Waals surface area contributed by atoms with Gasteiger partial charge in [0.05, 0.1) is 5.92 Å². The van der Waals surface area contributed by atoms with Gasteiger partial charge in [-0.3, -0.25) is 4.79 Å². The molecule has 190 valence electrons. The average molecular weight is 491 g/mol. The van der Waals surface area contributed by atoms with E-state index in [1.807, 2.05) is 86.6 Å². The summed E-state index contributed by atoms with van der Waals surface area (Å²) in [6.07, 6.45) is 1.07. The Morgan fingerprint density at radius 3 is 2.17 bits per heavy atom. The van der Waals surface area contributed by atoms with Gasteiger partial charge in [-0.1, -0.05) is 86.6 Å². The molecule has 0 unspecified atom stereocenters. The summed E-state index contributed by atoms with van der Waals surface area (Å²) in [5.74, 6) is -2.80. The molecule has 0 aliphatic rings. The zero-order valence-corrected chi connectivity index (χ0v) is 20.8. The van der Waals surface area contributed by atoms with E-state index in [-0.39, 0.29) is 18.9 Å². The van der Waals surface area contributed by atoms with Crippen molar-refractivity contribution in [2.75, 3.05) is 13.1 Å². The summed E-state index contributed by atoms with van der Waals surface area (Å²) in [5.41, 5.74) is 1.85. The average Bonchev–Trinajstić information content (AvgIpc) is 2.85. The number of aliphatic carboxylic acids is 2. The predicted molar refractivity (Wildman–Crippen MR) is 140 cm³/mol.